The summed E-state index contributed by atoms with van der Waals surface area (Å²) in [4.78, 5) is 39.2. The van der Waals surface area contributed by atoms with Gasteiger partial charge in [-0.2, -0.15) is 0 Å². The average molecular weight is 312 g/mol. The fourth-order valence-electron chi connectivity index (χ4n) is 2.89. The minimum atomic E-state index is -0.840. The van der Waals surface area contributed by atoms with Gasteiger partial charge in [0, 0.05) is 6.54 Å². The van der Waals surface area contributed by atoms with Crippen molar-refractivity contribution in [3.8, 4) is 0 Å². The van der Waals surface area contributed by atoms with Gasteiger partial charge in [-0.25, -0.2) is 4.79 Å². The molecule has 2 saturated heterocycles. The number of amides is 3. The highest BCUT2D eigenvalue weighted by Gasteiger charge is 2.46. The third-order valence-electron chi connectivity index (χ3n) is 4.02. The molecule has 3 atom stereocenters. The van der Waals surface area contributed by atoms with Gasteiger partial charge in [-0.3, -0.25) is 19.4 Å². The molecule has 7 heteroatoms. The number of carbonyl (C=O) groups excluding carboxylic acids is 3. The second-order valence-corrected chi connectivity index (χ2v) is 6.95. The van der Waals surface area contributed by atoms with Crippen LogP contribution in [0.15, 0.2) is 0 Å². The molecule has 1 N–H and O–H groups in total. The van der Waals surface area contributed by atoms with Crippen molar-refractivity contribution < 1.29 is 24.2 Å². The Morgan fingerprint density at radius 1 is 1.32 bits per heavy atom. The van der Waals surface area contributed by atoms with E-state index in [-0.39, 0.29) is 12.3 Å². The molecule has 22 heavy (non-hydrogen) atoms. The van der Waals surface area contributed by atoms with Crippen LogP contribution in [-0.2, 0) is 14.3 Å². The Bertz CT molecular complexity index is 485. The molecule has 124 valence electrons. The summed E-state index contributed by atoms with van der Waals surface area (Å²) in [6, 6.07) is -1.24. The van der Waals surface area contributed by atoms with Crippen molar-refractivity contribution >= 4 is 17.9 Å². The van der Waals surface area contributed by atoms with E-state index in [0.29, 0.717) is 19.4 Å². The molecule has 2 heterocycles. The van der Waals surface area contributed by atoms with Crippen molar-refractivity contribution in [2.24, 2.45) is 0 Å². The van der Waals surface area contributed by atoms with Crippen LogP contribution in [0.2, 0.25) is 0 Å². The molecule has 0 saturated carbocycles. The van der Waals surface area contributed by atoms with Gasteiger partial charge in [-0.15, -0.1) is 0 Å². The van der Waals surface area contributed by atoms with E-state index in [1.165, 1.54) is 4.90 Å². The maximum Gasteiger partial charge on any atom is 0.410 e. The van der Waals surface area contributed by atoms with E-state index in [9.17, 15) is 19.5 Å². The predicted octanol–water partition coefficient (Wildman–Crippen LogP) is 0.894. The number of likely N-dealkylation sites (tertiary alicyclic amines) is 2. The highest BCUT2D eigenvalue weighted by molar-refractivity contribution is 6.01. The molecule has 0 aromatic heterocycles. The minimum Gasteiger partial charge on any atom is -0.444 e. The van der Waals surface area contributed by atoms with Crippen LogP contribution >= 0.6 is 0 Å². The van der Waals surface area contributed by atoms with Crippen LogP contribution in [0.5, 0.6) is 0 Å². The number of aliphatic hydroxyl groups is 1. The Morgan fingerprint density at radius 2 is 1.95 bits per heavy atom. The SMILES string of the molecule is C[C@H]1[C@H](O)CC(=O)N1C(=O)[C@@H]1CCCN1C(=O)OC(C)(C)C. The Balaban J connectivity index is 2.12. The molecule has 2 aliphatic heterocycles. The fraction of sp³-hybridized carbons (Fsp3) is 0.800. The van der Waals surface area contributed by atoms with Gasteiger partial charge in [0.1, 0.15) is 11.6 Å². The van der Waals surface area contributed by atoms with Gasteiger partial charge in [0.25, 0.3) is 5.91 Å². The van der Waals surface area contributed by atoms with Gasteiger partial charge in [-0.05, 0) is 40.5 Å². The molecule has 0 bridgehead atoms. The van der Waals surface area contributed by atoms with Crippen molar-refractivity contribution in [2.45, 2.75) is 70.7 Å². The highest BCUT2D eigenvalue weighted by atomic mass is 16.6. The van der Waals surface area contributed by atoms with E-state index in [4.69, 9.17) is 4.74 Å². The highest BCUT2D eigenvalue weighted by Crippen LogP contribution is 2.26. The van der Waals surface area contributed by atoms with Gasteiger partial charge in [0.2, 0.25) is 5.91 Å². The van der Waals surface area contributed by atoms with Crippen LogP contribution in [0.4, 0.5) is 4.79 Å². The van der Waals surface area contributed by atoms with Gasteiger partial charge >= 0.3 is 6.09 Å². The first-order chi connectivity index (χ1) is 10.1. The van der Waals surface area contributed by atoms with Crippen molar-refractivity contribution in [2.75, 3.05) is 6.54 Å². The summed E-state index contributed by atoms with van der Waals surface area (Å²) in [6.07, 6.45) is -0.234. The number of hydrogen-bond donors (Lipinski definition) is 1. The number of imide groups is 1. The molecular formula is C15H24N2O5. The lowest BCUT2D eigenvalue weighted by molar-refractivity contribution is -0.146. The molecule has 2 fully saturated rings. The van der Waals surface area contributed by atoms with E-state index in [1.54, 1.807) is 27.7 Å². The van der Waals surface area contributed by atoms with Gasteiger partial charge < -0.3 is 9.84 Å². The standard InChI is InChI=1S/C15H24N2O5/c1-9-11(18)8-12(19)17(9)13(20)10-6-5-7-16(10)14(21)22-15(2,3)4/h9-11,18H,5-8H2,1-4H3/t9-,10-,11+/m0/s1. The molecule has 0 aromatic rings. The minimum absolute atomic E-state index is 0.0495. The smallest absolute Gasteiger partial charge is 0.410 e. The van der Waals surface area contributed by atoms with Crippen molar-refractivity contribution in [1.29, 1.82) is 0 Å². The topological polar surface area (TPSA) is 87.2 Å². The molecule has 2 rings (SSSR count). The fourth-order valence-corrected chi connectivity index (χ4v) is 2.89. The second-order valence-electron chi connectivity index (χ2n) is 6.95. The zero-order chi connectivity index (χ0) is 16.7. The summed E-state index contributed by atoms with van der Waals surface area (Å²) < 4.78 is 5.32. The summed E-state index contributed by atoms with van der Waals surface area (Å²) >= 11 is 0. The van der Waals surface area contributed by atoms with Crippen LogP contribution in [0.25, 0.3) is 0 Å². The molecule has 2 aliphatic rings. The summed E-state index contributed by atoms with van der Waals surface area (Å²) in [5.74, 6) is -0.807. The lowest BCUT2D eigenvalue weighted by Gasteiger charge is -2.31. The number of ether oxygens (including phenoxy) is 1. The van der Waals surface area contributed by atoms with E-state index in [1.807, 2.05) is 0 Å². The number of nitrogens with zero attached hydrogens (tertiary/aromatic N) is 2. The van der Waals surface area contributed by atoms with E-state index >= 15 is 0 Å². The first-order valence-electron chi connectivity index (χ1n) is 7.65. The second kappa shape index (κ2) is 5.87. The Morgan fingerprint density at radius 3 is 2.45 bits per heavy atom. The van der Waals surface area contributed by atoms with Crippen molar-refractivity contribution in [3.05, 3.63) is 0 Å². The van der Waals surface area contributed by atoms with Crippen LogP contribution in [-0.4, -0.2) is 63.1 Å². The number of carbonyl (C=O) groups is 3. The molecular weight excluding hydrogens is 288 g/mol. The quantitative estimate of drug-likeness (QED) is 0.727. The maximum absolute atomic E-state index is 12.6. The predicted molar refractivity (Wildman–Crippen MR) is 77.9 cm³/mol. The monoisotopic (exact) mass is 312 g/mol. The summed E-state index contributed by atoms with van der Waals surface area (Å²) in [5, 5.41) is 9.74. The first kappa shape index (κ1) is 16.7. The van der Waals surface area contributed by atoms with Crippen LogP contribution < -0.4 is 0 Å². The Labute approximate surface area is 130 Å². The molecule has 0 aliphatic carbocycles. The van der Waals surface area contributed by atoms with E-state index in [2.05, 4.69) is 0 Å². The molecule has 0 unspecified atom stereocenters. The normalized spacial score (nSPS) is 29.1. The number of hydrogen-bond acceptors (Lipinski definition) is 5. The lowest BCUT2D eigenvalue weighted by atomic mass is 10.1. The summed E-state index contributed by atoms with van der Waals surface area (Å²) in [7, 11) is 0. The van der Waals surface area contributed by atoms with Crippen LogP contribution in [0.3, 0.4) is 0 Å². The van der Waals surface area contributed by atoms with Gasteiger partial charge in [-0.1, -0.05) is 0 Å². The Hall–Kier alpha value is -1.63. The largest absolute Gasteiger partial charge is 0.444 e. The maximum atomic E-state index is 12.6. The zero-order valence-electron chi connectivity index (χ0n) is 13.5. The number of aliphatic hydroxyl groups excluding tert-OH is 1. The molecule has 0 aromatic carbocycles. The van der Waals surface area contributed by atoms with Gasteiger partial charge in [0.15, 0.2) is 0 Å². The summed E-state index contributed by atoms with van der Waals surface area (Å²) in [5.41, 5.74) is -0.639. The lowest BCUT2D eigenvalue weighted by Crippen LogP contribution is -2.51. The molecule has 7 nitrogen and oxygen atoms in total. The van der Waals surface area contributed by atoms with Crippen LogP contribution in [0, 0.1) is 0 Å². The number of rotatable bonds is 1. The van der Waals surface area contributed by atoms with Crippen molar-refractivity contribution in [1.82, 2.24) is 9.80 Å². The van der Waals surface area contributed by atoms with Crippen LogP contribution in [0.1, 0.15) is 47.0 Å². The summed E-state index contributed by atoms with van der Waals surface area (Å²) in [6.45, 7) is 7.37. The first-order valence-corrected chi connectivity index (χ1v) is 7.65. The zero-order valence-corrected chi connectivity index (χ0v) is 13.5. The average Bonchev–Trinajstić information content (AvgIpc) is 2.93. The van der Waals surface area contributed by atoms with E-state index < -0.39 is 35.8 Å². The molecule has 0 spiro atoms. The van der Waals surface area contributed by atoms with E-state index in [0.717, 1.165) is 4.90 Å². The van der Waals surface area contributed by atoms with Crippen molar-refractivity contribution in [3.63, 3.8) is 0 Å². The Kier molecular flexibility index (Phi) is 4.47. The van der Waals surface area contributed by atoms with Gasteiger partial charge in [0.05, 0.1) is 18.6 Å². The third kappa shape index (κ3) is 3.24. The molecule has 0 radical (unpaired) electrons. The third-order valence-corrected chi connectivity index (χ3v) is 4.02. The molecule has 3 amide bonds.